The Morgan fingerprint density at radius 1 is 1.19 bits per heavy atom. The predicted octanol–water partition coefficient (Wildman–Crippen LogP) is 3.03. The number of hydrogen-bond donors (Lipinski definition) is 2. The van der Waals surface area contributed by atoms with E-state index in [0.29, 0.717) is 5.75 Å². The van der Waals surface area contributed by atoms with Crippen LogP contribution in [0.4, 0.5) is 0 Å². The molecule has 0 unspecified atom stereocenters. The second-order valence-corrected chi connectivity index (χ2v) is 9.22. The third-order valence-electron chi connectivity index (χ3n) is 4.45. The third-order valence-corrected chi connectivity index (χ3v) is 5.88. The van der Waals surface area contributed by atoms with Crippen molar-refractivity contribution in [3.8, 4) is 11.4 Å². The first kappa shape index (κ1) is 22.7. The molecule has 8 nitrogen and oxygen atoms in total. The summed E-state index contributed by atoms with van der Waals surface area (Å²) in [5, 5.41) is 9.16. The van der Waals surface area contributed by atoms with Crippen molar-refractivity contribution in [2.75, 3.05) is 6.61 Å². The molecule has 0 aliphatic rings. The van der Waals surface area contributed by atoms with E-state index >= 15 is 0 Å². The summed E-state index contributed by atoms with van der Waals surface area (Å²) >= 11 is 3.34. The monoisotopic (exact) mass is 504 g/mol. The predicted molar refractivity (Wildman–Crippen MR) is 122 cm³/mol. The van der Waals surface area contributed by atoms with Crippen molar-refractivity contribution in [3.05, 3.63) is 76.0 Å². The Bertz CT molecular complexity index is 1230. The van der Waals surface area contributed by atoms with Crippen LogP contribution in [0.15, 0.2) is 69.1 Å². The molecule has 3 rings (SSSR count). The van der Waals surface area contributed by atoms with Gasteiger partial charge in [0.25, 0.3) is 5.91 Å². The number of halogens is 1. The number of sulfonamides is 1. The lowest BCUT2D eigenvalue weighted by molar-refractivity contribution is -0.123. The maximum atomic E-state index is 12.0. The molecule has 0 atom stereocenters. The van der Waals surface area contributed by atoms with Crippen LogP contribution in [0.5, 0.6) is 5.75 Å². The Balaban J connectivity index is 1.66. The molecule has 2 aromatic carbocycles. The fourth-order valence-electron chi connectivity index (χ4n) is 3.01. The van der Waals surface area contributed by atoms with E-state index in [1.54, 1.807) is 30.5 Å². The molecule has 0 radical (unpaired) electrons. The normalized spacial score (nSPS) is 11.6. The van der Waals surface area contributed by atoms with Gasteiger partial charge in [-0.05, 0) is 62.4 Å². The summed E-state index contributed by atoms with van der Waals surface area (Å²) in [6, 6.07) is 15.4. The van der Waals surface area contributed by atoms with E-state index < -0.39 is 10.0 Å². The number of benzene rings is 2. The van der Waals surface area contributed by atoms with E-state index in [9.17, 15) is 13.2 Å². The number of hydrogen-bond acceptors (Lipinski definition) is 5. The number of nitrogens with one attached hydrogen (secondary N) is 1. The van der Waals surface area contributed by atoms with Gasteiger partial charge in [0.15, 0.2) is 6.61 Å². The maximum Gasteiger partial charge on any atom is 0.277 e. The molecule has 1 aromatic heterocycles. The summed E-state index contributed by atoms with van der Waals surface area (Å²) in [4.78, 5) is 12.0. The van der Waals surface area contributed by atoms with Gasteiger partial charge in [0.1, 0.15) is 5.75 Å². The highest BCUT2D eigenvalue weighted by Gasteiger charge is 2.12. The molecule has 1 heterocycles. The molecule has 31 heavy (non-hydrogen) atoms. The van der Waals surface area contributed by atoms with Crippen LogP contribution in [-0.4, -0.2) is 31.7 Å². The van der Waals surface area contributed by atoms with E-state index in [1.807, 2.05) is 36.6 Å². The average molecular weight is 505 g/mol. The van der Waals surface area contributed by atoms with Crippen molar-refractivity contribution in [1.82, 2.24) is 9.99 Å². The van der Waals surface area contributed by atoms with E-state index in [0.717, 1.165) is 27.1 Å². The number of ether oxygens (including phenoxy) is 1. The lowest BCUT2D eigenvalue weighted by Gasteiger charge is -2.10. The highest BCUT2D eigenvalue weighted by Crippen LogP contribution is 2.21. The minimum absolute atomic E-state index is 0.0493. The first-order valence-electron chi connectivity index (χ1n) is 9.17. The molecule has 10 heteroatoms. The van der Waals surface area contributed by atoms with Crippen LogP contribution in [0.1, 0.15) is 17.0 Å². The lowest BCUT2D eigenvalue weighted by atomic mass is 10.2. The summed E-state index contributed by atoms with van der Waals surface area (Å²) in [5.41, 5.74) is 5.83. The largest absolute Gasteiger partial charge is 0.484 e. The van der Waals surface area contributed by atoms with E-state index in [2.05, 4.69) is 26.5 Å². The van der Waals surface area contributed by atoms with Crippen LogP contribution in [0.3, 0.4) is 0 Å². The van der Waals surface area contributed by atoms with Gasteiger partial charge in [-0.2, -0.15) is 5.10 Å². The summed E-state index contributed by atoms with van der Waals surface area (Å²) in [7, 11) is -3.74. The zero-order chi connectivity index (χ0) is 22.6. The molecule has 0 saturated heterocycles. The van der Waals surface area contributed by atoms with Crippen molar-refractivity contribution in [1.29, 1.82) is 0 Å². The Morgan fingerprint density at radius 2 is 1.90 bits per heavy atom. The molecule has 3 N–H and O–H groups in total. The van der Waals surface area contributed by atoms with Crippen LogP contribution in [0.2, 0.25) is 0 Å². The van der Waals surface area contributed by atoms with Gasteiger partial charge in [-0.3, -0.25) is 4.79 Å². The Kier molecular flexibility index (Phi) is 6.94. The Morgan fingerprint density at radius 3 is 2.55 bits per heavy atom. The summed E-state index contributed by atoms with van der Waals surface area (Å²) in [6.45, 7) is 3.66. The van der Waals surface area contributed by atoms with Gasteiger partial charge in [-0.25, -0.2) is 19.0 Å². The molecule has 0 spiro atoms. The van der Waals surface area contributed by atoms with Crippen molar-refractivity contribution < 1.29 is 17.9 Å². The topological polar surface area (TPSA) is 116 Å². The quantitative estimate of drug-likeness (QED) is 0.379. The lowest BCUT2D eigenvalue weighted by Crippen LogP contribution is -2.24. The molecule has 162 valence electrons. The van der Waals surface area contributed by atoms with Gasteiger partial charge in [0, 0.05) is 27.1 Å². The van der Waals surface area contributed by atoms with Crippen molar-refractivity contribution in [2.45, 2.75) is 18.7 Å². The molecule has 1 amide bonds. The van der Waals surface area contributed by atoms with E-state index in [-0.39, 0.29) is 17.4 Å². The summed E-state index contributed by atoms with van der Waals surface area (Å²) in [6.07, 6.45) is 1.55. The van der Waals surface area contributed by atoms with E-state index in [4.69, 9.17) is 9.88 Å². The third kappa shape index (κ3) is 5.81. The highest BCUT2D eigenvalue weighted by molar-refractivity contribution is 9.10. The maximum absolute atomic E-state index is 12.0. The number of aromatic nitrogens is 1. The molecule has 0 aliphatic heterocycles. The zero-order valence-corrected chi connectivity index (χ0v) is 19.3. The number of primary sulfonamides is 1. The number of nitrogens with zero attached hydrogens (tertiary/aromatic N) is 2. The van der Waals surface area contributed by atoms with Crippen LogP contribution < -0.4 is 15.3 Å². The fraction of sp³-hybridized carbons (Fsp3) is 0.143. The van der Waals surface area contributed by atoms with Crippen molar-refractivity contribution >= 4 is 38.1 Å². The van der Waals surface area contributed by atoms with Gasteiger partial charge in [0.2, 0.25) is 10.0 Å². The second-order valence-electron chi connectivity index (χ2n) is 6.74. The molecule has 0 bridgehead atoms. The van der Waals surface area contributed by atoms with Gasteiger partial charge >= 0.3 is 0 Å². The number of nitrogens with two attached hydrogens (primary N) is 1. The first-order valence-corrected chi connectivity index (χ1v) is 11.5. The first-order chi connectivity index (χ1) is 14.6. The minimum Gasteiger partial charge on any atom is -0.484 e. The summed E-state index contributed by atoms with van der Waals surface area (Å²) in [5.74, 6) is 0.189. The smallest absolute Gasteiger partial charge is 0.277 e. The summed E-state index contributed by atoms with van der Waals surface area (Å²) < 4.78 is 31.1. The fourth-order valence-corrected chi connectivity index (χ4v) is 3.91. The van der Waals surface area contributed by atoms with Crippen LogP contribution in [0.25, 0.3) is 5.69 Å². The second kappa shape index (κ2) is 9.46. The van der Waals surface area contributed by atoms with Gasteiger partial charge in [-0.15, -0.1) is 0 Å². The number of carbonyl (C=O) groups is 1. The molecular weight excluding hydrogens is 484 g/mol. The molecule has 0 fully saturated rings. The van der Waals surface area contributed by atoms with Gasteiger partial charge < -0.3 is 9.30 Å². The minimum atomic E-state index is -3.74. The standard InChI is InChI=1S/C21H21BrN4O4S/c1-14-10-16(12-24-25-21(27)13-30-19-5-3-4-17(22)11-19)15(2)26(14)18-6-8-20(9-7-18)31(23,28)29/h3-12H,13H2,1-2H3,(H,25,27)(H2,23,28,29)/b24-12+. The molecule has 0 aliphatic carbocycles. The van der Waals surface area contributed by atoms with Gasteiger partial charge in [0.05, 0.1) is 11.1 Å². The van der Waals surface area contributed by atoms with Crippen molar-refractivity contribution in [3.63, 3.8) is 0 Å². The number of carbonyl (C=O) groups excluding carboxylic acids is 1. The van der Waals surface area contributed by atoms with Crippen LogP contribution in [-0.2, 0) is 14.8 Å². The average Bonchev–Trinajstić information content (AvgIpc) is 2.99. The Hall–Kier alpha value is -2.95. The van der Waals surface area contributed by atoms with Crippen molar-refractivity contribution in [2.24, 2.45) is 10.2 Å². The van der Waals surface area contributed by atoms with Gasteiger partial charge in [-0.1, -0.05) is 22.0 Å². The number of hydrazone groups is 1. The van der Waals surface area contributed by atoms with Crippen LogP contribution >= 0.6 is 15.9 Å². The van der Waals surface area contributed by atoms with Crippen LogP contribution in [0, 0.1) is 13.8 Å². The highest BCUT2D eigenvalue weighted by atomic mass is 79.9. The molecule has 0 saturated carbocycles. The van der Waals surface area contributed by atoms with E-state index in [1.165, 1.54) is 12.1 Å². The number of rotatable bonds is 7. The number of amides is 1. The molecular formula is C21H21BrN4O4S. The molecule has 3 aromatic rings. The zero-order valence-electron chi connectivity index (χ0n) is 16.9. The SMILES string of the molecule is Cc1cc(/C=N/NC(=O)COc2cccc(Br)c2)c(C)n1-c1ccc(S(N)(=O)=O)cc1. The Labute approximate surface area is 188 Å². The number of aryl methyl sites for hydroxylation is 1.